The van der Waals surface area contributed by atoms with Crippen LogP contribution in [0.5, 0.6) is 0 Å². The van der Waals surface area contributed by atoms with E-state index in [0.29, 0.717) is 0 Å². The lowest BCUT2D eigenvalue weighted by atomic mass is 9.95. The second-order valence-electron chi connectivity index (χ2n) is 5.09. The van der Waals surface area contributed by atoms with E-state index in [2.05, 4.69) is 10.5 Å². The van der Waals surface area contributed by atoms with Crippen molar-refractivity contribution in [3.63, 3.8) is 0 Å². The molecular weight excluding hydrogens is 188 g/mol. The van der Waals surface area contributed by atoms with Crippen LogP contribution in [0, 0.1) is 18.8 Å². The Morgan fingerprint density at radius 2 is 2.40 bits per heavy atom. The van der Waals surface area contributed by atoms with Gasteiger partial charge in [0.25, 0.3) is 0 Å². The van der Waals surface area contributed by atoms with Gasteiger partial charge in [-0.15, -0.1) is 0 Å². The van der Waals surface area contributed by atoms with Crippen LogP contribution in [0.15, 0.2) is 10.6 Å². The summed E-state index contributed by atoms with van der Waals surface area (Å²) in [5.41, 5.74) is 1.04. The second-order valence-corrected chi connectivity index (χ2v) is 5.09. The summed E-state index contributed by atoms with van der Waals surface area (Å²) in [6.07, 6.45) is 5.73. The average molecular weight is 206 g/mol. The van der Waals surface area contributed by atoms with E-state index in [9.17, 15) is 0 Å². The molecule has 2 bridgehead atoms. The van der Waals surface area contributed by atoms with Crippen LogP contribution in [0.3, 0.4) is 0 Å². The summed E-state index contributed by atoms with van der Waals surface area (Å²) in [6.45, 7) is 2.80. The fraction of sp³-hybridized carbons (Fsp3) is 0.750. The third-order valence-corrected chi connectivity index (χ3v) is 3.96. The molecule has 15 heavy (non-hydrogen) atoms. The molecule has 3 rings (SSSR count). The Labute approximate surface area is 90.2 Å². The van der Waals surface area contributed by atoms with Crippen LogP contribution in [0.4, 0.5) is 0 Å². The van der Waals surface area contributed by atoms with E-state index in [1.807, 2.05) is 13.0 Å². The number of nitrogens with one attached hydrogen (secondary N) is 1. The standard InChI is InChI=1S/C12H18N2O/c1-8-4-11(14-15-8)7-13-12-6-9-2-3-10(12)5-9/h4,9-10,12-13H,2-3,5-7H2,1H3. The van der Waals surface area contributed by atoms with Crippen molar-refractivity contribution in [3.05, 3.63) is 17.5 Å². The zero-order chi connectivity index (χ0) is 10.3. The lowest BCUT2D eigenvalue weighted by molar-refractivity contribution is 0.341. The van der Waals surface area contributed by atoms with Crippen LogP contribution in [0.1, 0.15) is 37.1 Å². The highest BCUT2D eigenvalue weighted by atomic mass is 16.5. The molecule has 0 radical (unpaired) electrons. The van der Waals surface area contributed by atoms with Crippen LogP contribution in [0.2, 0.25) is 0 Å². The predicted molar refractivity (Wildman–Crippen MR) is 57.3 cm³/mol. The lowest BCUT2D eigenvalue weighted by Crippen LogP contribution is -2.33. The highest BCUT2D eigenvalue weighted by Crippen LogP contribution is 2.44. The molecule has 2 fully saturated rings. The second kappa shape index (κ2) is 3.63. The SMILES string of the molecule is Cc1cc(CNC2CC3CCC2C3)no1. The van der Waals surface area contributed by atoms with E-state index in [1.54, 1.807) is 0 Å². The molecule has 3 atom stereocenters. The Balaban J connectivity index is 1.54. The molecule has 0 amide bonds. The largest absolute Gasteiger partial charge is 0.361 e. The van der Waals surface area contributed by atoms with Gasteiger partial charge in [0.1, 0.15) is 5.76 Å². The number of rotatable bonds is 3. The van der Waals surface area contributed by atoms with E-state index in [4.69, 9.17) is 4.52 Å². The summed E-state index contributed by atoms with van der Waals surface area (Å²) in [4.78, 5) is 0. The highest BCUT2D eigenvalue weighted by Gasteiger charge is 2.38. The normalized spacial score (nSPS) is 33.8. The van der Waals surface area contributed by atoms with E-state index in [-0.39, 0.29) is 0 Å². The van der Waals surface area contributed by atoms with Crippen LogP contribution in [0.25, 0.3) is 0 Å². The predicted octanol–water partition coefficient (Wildman–Crippen LogP) is 2.26. The molecule has 2 aliphatic carbocycles. The Morgan fingerprint density at radius 3 is 3.00 bits per heavy atom. The smallest absolute Gasteiger partial charge is 0.133 e. The van der Waals surface area contributed by atoms with Crippen molar-refractivity contribution in [1.82, 2.24) is 10.5 Å². The molecule has 2 aliphatic rings. The van der Waals surface area contributed by atoms with Gasteiger partial charge in [0.2, 0.25) is 0 Å². The molecule has 82 valence electrons. The van der Waals surface area contributed by atoms with Crippen molar-refractivity contribution >= 4 is 0 Å². The monoisotopic (exact) mass is 206 g/mol. The van der Waals surface area contributed by atoms with Gasteiger partial charge in [-0.25, -0.2) is 0 Å². The van der Waals surface area contributed by atoms with Gasteiger partial charge in [0.05, 0.1) is 5.69 Å². The molecule has 1 aromatic rings. The minimum absolute atomic E-state index is 0.737. The van der Waals surface area contributed by atoms with Crippen molar-refractivity contribution in [3.8, 4) is 0 Å². The van der Waals surface area contributed by atoms with Crippen LogP contribution in [-0.4, -0.2) is 11.2 Å². The number of hydrogen-bond donors (Lipinski definition) is 1. The molecule has 1 N–H and O–H groups in total. The molecule has 3 nitrogen and oxygen atoms in total. The van der Waals surface area contributed by atoms with Gasteiger partial charge in [-0.05, 0) is 38.0 Å². The quantitative estimate of drug-likeness (QED) is 0.824. The minimum Gasteiger partial charge on any atom is -0.361 e. The Kier molecular flexibility index (Phi) is 2.28. The molecule has 3 unspecified atom stereocenters. The summed E-state index contributed by atoms with van der Waals surface area (Å²) in [5.74, 6) is 2.84. The lowest BCUT2D eigenvalue weighted by Gasteiger charge is -2.22. The summed E-state index contributed by atoms with van der Waals surface area (Å²) < 4.78 is 5.05. The van der Waals surface area contributed by atoms with E-state index < -0.39 is 0 Å². The highest BCUT2D eigenvalue weighted by molar-refractivity contribution is 5.04. The average Bonchev–Trinajstić information content (AvgIpc) is 2.90. The number of aromatic nitrogens is 1. The minimum atomic E-state index is 0.737. The van der Waals surface area contributed by atoms with Crippen molar-refractivity contribution in [2.24, 2.45) is 11.8 Å². The molecule has 1 heterocycles. The van der Waals surface area contributed by atoms with Gasteiger partial charge >= 0.3 is 0 Å². The molecule has 0 aliphatic heterocycles. The Morgan fingerprint density at radius 1 is 1.47 bits per heavy atom. The summed E-state index contributed by atoms with van der Waals surface area (Å²) in [6, 6.07) is 2.75. The first-order valence-corrected chi connectivity index (χ1v) is 5.97. The summed E-state index contributed by atoms with van der Waals surface area (Å²) >= 11 is 0. The summed E-state index contributed by atoms with van der Waals surface area (Å²) in [5, 5.41) is 7.62. The molecule has 1 aromatic heterocycles. The Hall–Kier alpha value is -0.830. The van der Waals surface area contributed by atoms with Crippen molar-refractivity contribution in [2.75, 3.05) is 0 Å². The molecular formula is C12H18N2O. The van der Waals surface area contributed by atoms with Crippen molar-refractivity contribution in [2.45, 2.75) is 45.2 Å². The fourth-order valence-electron chi connectivity index (χ4n) is 3.23. The zero-order valence-corrected chi connectivity index (χ0v) is 9.20. The first-order valence-electron chi connectivity index (χ1n) is 5.97. The van der Waals surface area contributed by atoms with E-state index >= 15 is 0 Å². The van der Waals surface area contributed by atoms with Gasteiger partial charge in [0, 0.05) is 18.7 Å². The van der Waals surface area contributed by atoms with E-state index in [0.717, 1.165) is 35.9 Å². The first-order chi connectivity index (χ1) is 7.31. The molecule has 0 spiro atoms. The molecule has 0 saturated heterocycles. The maximum atomic E-state index is 5.05. The van der Waals surface area contributed by atoms with Gasteiger partial charge in [-0.2, -0.15) is 0 Å². The van der Waals surface area contributed by atoms with Crippen LogP contribution >= 0.6 is 0 Å². The maximum absolute atomic E-state index is 5.05. The fourth-order valence-corrected chi connectivity index (χ4v) is 3.23. The van der Waals surface area contributed by atoms with Crippen LogP contribution in [-0.2, 0) is 6.54 Å². The Bertz CT molecular complexity index is 347. The van der Waals surface area contributed by atoms with Crippen LogP contribution < -0.4 is 5.32 Å². The van der Waals surface area contributed by atoms with Gasteiger partial charge in [0.15, 0.2) is 0 Å². The topological polar surface area (TPSA) is 38.1 Å². The number of aryl methyl sites for hydroxylation is 1. The number of fused-ring (bicyclic) bond motifs is 2. The first kappa shape index (κ1) is 9.40. The maximum Gasteiger partial charge on any atom is 0.133 e. The molecule has 3 heteroatoms. The van der Waals surface area contributed by atoms with Gasteiger partial charge < -0.3 is 9.84 Å². The van der Waals surface area contributed by atoms with Gasteiger partial charge in [-0.1, -0.05) is 11.6 Å². The molecule has 2 saturated carbocycles. The number of hydrogen-bond acceptors (Lipinski definition) is 3. The number of nitrogens with zero attached hydrogens (tertiary/aromatic N) is 1. The molecule has 0 aromatic carbocycles. The summed E-state index contributed by atoms with van der Waals surface area (Å²) in [7, 11) is 0. The van der Waals surface area contributed by atoms with Gasteiger partial charge in [-0.3, -0.25) is 0 Å². The zero-order valence-electron chi connectivity index (χ0n) is 9.20. The third-order valence-electron chi connectivity index (χ3n) is 3.96. The van der Waals surface area contributed by atoms with Crippen molar-refractivity contribution < 1.29 is 4.52 Å². The van der Waals surface area contributed by atoms with Crippen molar-refractivity contribution in [1.29, 1.82) is 0 Å². The third kappa shape index (κ3) is 1.81. The van der Waals surface area contributed by atoms with E-state index in [1.165, 1.54) is 25.7 Å².